The summed E-state index contributed by atoms with van der Waals surface area (Å²) in [5, 5.41) is 3.30. The minimum atomic E-state index is 0.174. The molecule has 0 aliphatic heterocycles. The number of nitrogens with two attached hydrogens (primary N) is 1. The molecule has 2 heterocycles. The van der Waals surface area contributed by atoms with Gasteiger partial charge in [0.25, 0.3) is 0 Å². The number of hydrogen-bond acceptors (Lipinski definition) is 5. The Morgan fingerprint density at radius 2 is 2.24 bits per heavy atom. The van der Waals surface area contributed by atoms with Crippen LogP contribution in [0.15, 0.2) is 24.7 Å². The van der Waals surface area contributed by atoms with E-state index in [4.69, 9.17) is 17.3 Å². The molecule has 0 fully saturated rings. The highest BCUT2D eigenvalue weighted by molar-refractivity contribution is 6.28. The summed E-state index contributed by atoms with van der Waals surface area (Å²) in [5.74, 6) is 0.543. The Kier molecular flexibility index (Phi) is 3.39. The van der Waals surface area contributed by atoms with Crippen LogP contribution in [0, 0.1) is 6.92 Å². The predicted octanol–water partition coefficient (Wildman–Crippen LogP) is 2.03. The molecule has 0 aromatic carbocycles. The first-order chi connectivity index (χ1) is 8.16. The summed E-state index contributed by atoms with van der Waals surface area (Å²) in [7, 11) is 0. The zero-order chi connectivity index (χ0) is 12.3. The summed E-state index contributed by atoms with van der Waals surface area (Å²) in [6.07, 6.45) is 5.05. The lowest BCUT2D eigenvalue weighted by atomic mass is 10.1. The molecule has 17 heavy (non-hydrogen) atoms. The Bertz CT molecular complexity index is 529. The third kappa shape index (κ3) is 2.82. The number of pyridine rings is 1. The molecule has 0 spiro atoms. The van der Waals surface area contributed by atoms with E-state index in [1.807, 2.05) is 19.2 Å². The minimum Gasteiger partial charge on any atom is -0.394 e. The maximum absolute atomic E-state index is 5.73. The number of nitrogens with zero attached hydrogens (tertiary/aromatic N) is 3. The average molecular weight is 250 g/mol. The highest BCUT2D eigenvalue weighted by Gasteiger charge is 2.03. The van der Waals surface area contributed by atoms with E-state index in [0.717, 1.165) is 11.1 Å². The Morgan fingerprint density at radius 1 is 1.41 bits per heavy atom. The van der Waals surface area contributed by atoms with E-state index in [1.165, 1.54) is 6.20 Å². The lowest BCUT2D eigenvalue weighted by Gasteiger charge is -2.09. The fourth-order valence-electron chi connectivity index (χ4n) is 1.39. The van der Waals surface area contributed by atoms with E-state index in [1.54, 1.807) is 6.20 Å². The van der Waals surface area contributed by atoms with Gasteiger partial charge >= 0.3 is 0 Å². The monoisotopic (exact) mass is 249 g/mol. The van der Waals surface area contributed by atoms with Crippen molar-refractivity contribution < 1.29 is 0 Å². The fourth-order valence-corrected chi connectivity index (χ4v) is 1.52. The Morgan fingerprint density at radius 3 is 3.00 bits per heavy atom. The molecule has 0 atom stereocenters. The van der Waals surface area contributed by atoms with Crippen molar-refractivity contribution in [2.75, 3.05) is 11.1 Å². The number of nitrogens with one attached hydrogen (secondary N) is 1. The van der Waals surface area contributed by atoms with Gasteiger partial charge in [-0.1, -0.05) is 0 Å². The van der Waals surface area contributed by atoms with Gasteiger partial charge in [-0.15, -0.1) is 0 Å². The molecule has 0 aliphatic carbocycles. The van der Waals surface area contributed by atoms with Crippen molar-refractivity contribution in [1.82, 2.24) is 15.0 Å². The molecule has 2 rings (SSSR count). The Hall–Kier alpha value is -1.88. The highest BCUT2D eigenvalue weighted by atomic mass is 35.5. The second-order valence-corrected chi connectivity index (χ2v) is 3.94. The summed E-state index contributed by atoms with van der Waals surface area (Å²) in [5.41, 5.74) is 8.45. The third-order valence-electron chi connectivity index (χ3n) is 2.37. The van der Waals surface area contributed by atoms with Crippen LogP contribution in [0.4, 0.5) is 11.5 Å². The van der Waals surface area contributed by atoms with Crippen LogP contribution in [-0.2, 0) is 6.54 Å². The molecule has 0 radical (unpaired) electrons. The van der Waals surface area contributed by atoms with Crippen LogP contribution >= 0.6 is 11.6 Å². The maximum Gasteiger partial charge on any atom is 0.224 e. The topological polar surface area (TPSA) is 76.7 Å². The third-order valence-corrected chi connectivity index (χ3v) is 2.55. The number of anilines is 2. The van der Waals surface area contributed by atoms with Crippen LogP contribution in [0.25, 0.3) is 0 Å². The van der Waals surface area contributed by atoms with Gasteiger partial charge in [-0.2, -0.15) is 4.98 Å². The van der Waals surface area contributed by atoms with Crippen molar-refractivity contribution in [3.63, 3.8) is 0 Å². The number of aryl methyl sites for hydroxylation is 1. The number of aromatic nitrogens is 3. The highest BCUT2D eigenvalue weighted by Crippen LogP contribution is 2.17. The summed E-state index contributed by atoms with van der Waals surface area (Å²) in [4.78, 5) is 11.8. The van der Waals surface area contributed by atoms with Crippen LogP contribution < -0.4 is 11.1 Å². The fraction of sp³-hybridized carbons (Fsp3) is 0.182. The summed E-state index contributed by atoms with van der Waals surface area (Å²) >= 11 is 5.70. The van der Waals surface area contributed by atoms with Gasteiger partial charge in [0, 0.05) is 18.9 Å². The predicted molar refractivity (Wildman–Crippen MR) is 67.8 cm³/mol. The van der Waals surface area contributed by atoms with Crippen molar-refractivity contribution in [1.29, 1.82) is 0 Å². The van der Waals surface area contributed by atoms with Gasteiger partial charge in [0.15, 0.2) is 5.82 Å². The van der Waals surface area contributed by atoms with Crippen LogP contribution in [0.3, 0.4) is 0 Å². The van der Waals surface area contributed by atoms with Crippen molar-refractivity contribution in [3.8, 4) is 0 Å². The molecule has 0 saturated carbocycles. The van der Waals surface area contributed by atoms with E-state index >= 15 is 0 Å². The van der Waals surface area contributed by atoms with Crippen molar-refractivity contribution in [3.05, 3.63) is 41.1 Å². The molecule has 0 aliphatic rings. The van der Waals surface area contributed by atoms with E-state index < -0.39 is 0 Å². The van der Waals surface area contributed by atoms with Gasteiger partial charge in [-0.3, -0.25) is 4.98 Å². The van der Waals surface area contributed by atoms with Gasteiger partial charge in [-0.05, 0) is 35.7 Å². The smallest absolute Gasteiger partial charge is 0.224 e. The molecule has 0 saturated heterocycles. The maximum atomic E-state index is 5.73. The van der Waals surface area contributed by atoms with Crippen molar-refractivity contribution in [2.45, 2.75) is 13.5 Å². The largest absolute Gasteiger partial charge is 0.394 e. The molecule has 5 nitrogen and oxygen atoms in total. The SMILES string of the molecule is Cc1cnccc1CNc1nc(Cl)ncc1N. The first kappa shape index (κ1) is 11.6. The van der Waals surface area contributed by atoms with Crippen molar-refractivity contribution >= 4 is 23.1 Å². The number of nitrogen functional groups attached to an aromatic ring is 1. The van der Waals surface area contributed by atoms with Gasteiger partial charge in [0.2, 0.25) is 5.28 Å². The van der Waals surface area contributed by atoms with Crippen LogP contribution in [0.2, 0.25) is 5.28 Å². The Labute approximate surface area is 104 Å². The van der Waals surface area contributed by atoms with Gasteiger partial charge in [0.05, 0.1) is 11.9 Å². The quantitative estimate of drug-likeness (QED) is 0.814. The summed E-state index contributed by atoms with van der Waals surface area (Å²) < 4.78 is 0. The molecule has 3 N–H and O–H groups in total. The van der Waals surface area contributed by atoms with E-state index in [2.05, 4.69) is 20.3 Å². The van der Waals surface area contributed by atoms with Crippen LogP contribution in [0.5, 0.6) is 0 Å². The molecule has 88 valence electrons. The summed E-state index contributed by atoms with van der Waals surface area (Å²) in [6.45, 7) is 2.62. The van der Waals surface area contributed by atoms with Crippen LogP contribution in [0.1, 0.15) is 11.1 Å². The second kappa shape index (κ2) is 4.97. The zero-order valence-electron chi connectivity index (χ0n) is 9.31. The lowest BCUT2D eigenvalue weighted by Crippen LogP contribution is -2.06. The van der Waals surface area contributed by atoms with E-state index in [-0.39, 0.29) is 5.28 Å². The normalized spacial score (nSPS) is 10.2. The Balaban J connectivity index is 2.12. The molecule has 0 amide bonds. The molecule has 6 heteroatoms. The number of rotatable bonds is 3. The molecule has 2 aromatic heterocycles. The molecule has 0 unspecified atom stereocenters. The molecular weight excluding hydrogens is 238 g/mol. The average Bonchev–Trinajstić information content (AvgIpc) is 2.32. The number of halogens is 1. The van der Waals surface area contributed by atoms with Crippen molar-refractivity contribution in [2.24, 2.45) is 0 Å². The van der Waals surface area contributed by atoms with Crippen LogP contribution in [-0.4, -0.2) is 15.0 Å². The van der Waals surface area contributed by atoms with Gasteiger partial charge in [-0.25, -0.2) is 4.98 Å². The first-order valence-electron chi connectivity index (χ1n) is 5.08. The van der Waals surface area contributed by atoms with E-state index in [0.29, 0.717) is 18.1 Å². The van der Waals surface area contributed by atoms with E-state index in [9.17, 15) is 0 Å². The standard InChI is InChI=1S/C11H12ClN5/c1-7-4-14-3-2-8(7)5-15-10-9(13)6-16-11(12)17-10/h2-4,6H,5,13H2,1H3,(H,15,16,17). The van der Waals surface area contributed by atoms with Gasteiger partial charge < -0.3 is 11.1 Å². The minimum absolute atomic E-state index is 0.174. The van der Waals surface area contributed by atoms with Gasteiger partial charge in [0.1, 0.15) is 0 Å². The molecule has 0 bridgehead atoms. The molecular formula is C11H12ClN5. The summed E-state index contributed by atoms with van der Waals surface area (Å²) in [6, 6.07) is 1.95. The first-order valence-corrected chi connectivity index (χ1v) is 5.46. The second-order valence-electron chi connectivity index (χ2n) is 3.60. The zero-order valence-corrected chi connectivity index (χ0v) is 10.1. The lowest BCUT2D eigenvalue weighted by molar-refractivity contribution is 1.06. The number of hydrogen-bond donors (Lipinski definition) is 2. The molecule has 2 aromatic rings.